The molecule has 0 heterocycles. The Labute approximate surface area is 116 Å². The Hall–Kier alpha value is -1.58. The Morgan fingerprint density at radius 2 is 2.11 bits per heavy atom. The van der Waals surface area contributed by atoms with Crippen LogP contribution in [0.5, 0.6) is 5.75 Å². The van der Waals surface area contributed by atoms with Crippen LogP contribution in [0.2, 0.25) is 0 Å². The molecular formula is C10H13N3O4S2. The van der Waals surface area contributed by atoms with E-state index in [0.29, 0.717) is 5.75 Å². The van der Waals surface area contributed by atoms with Crippen molar-refractivity contribution in [3.8, 4) is 5.75 Å². The lowest BCUT2D eigenvalue weighted by molar-refractivity contribution is 0.242. The van der Waals surface area contributed by atoms with Gasteiger partial charge in [0.2, 0.25) is 10.0 Å². The molecule has 0 saturated carbocycles. The second-order valence-corrected chi connectivity index (χ2v) is 5.60. The molecule has 0 aliphatic carbocycles. The van der Waals surface area contributed by atoms with Crippen molar-refractivity contribution < 1.29 is 17.9 Å². The Morgan fingerprint density at radius 3 is 2.58 bits per heavy atom. The molecule has 1 rings (SSSR count). The van der Waals surface area contributed by atoms with E-state index in [1.807, 2.05) is 13.8 Å². The van der Waals surface area contributed by atoms with E-state index in [0.717, 1.165) is 0 Å². The molecule has 0 saturated heterocycles. The first-order valence-corrected chi connectivity index (χ1v) is 7.13. The van der Waals surface area contributed by atoms with E-state index in [2.05, 4.69) is 22.1 Å². The van der Waals surface area contributed by atoms with Crippen molar-refractivity contribution in [3.05, 3.63) is 18.2 Å². The summed E-state index contributed by atoms with van der Waals surface area (Å²) in [6.45, 7) is 3.62. The van der Waals surface area contributed by atoms with E-state index >= 15 is 0 Å². The van der Waals surface area contributed by atoms with Gasteiger partial charge >= 0.3 is 6.03 Å². The minimum absolute atomic E-state index is 0.0285. The van der Waals surface area contributed by atoms with Gasteiger partial charge in [0, 0.05) is 18.5 Å². The minimum atomic E-state index is -3.98. The van der Waals surface area contributed by atoms with Gasteiger partial charge in [0.25, 0.3) is 0 Å². The molecule has 1 aromatic rings. The molecule has 0 radical (unpaired) electrons. The van der Waals surface area contributed by atoms with Gasteiger partial charge < -0.3 is 10.1 Å². The van der Waals surface area contributed by atoms with Crippen molar-refractivity contribution in [2.24, 2.45) is 9.50 Å². The second kappa shape index (κ2) is 6.04. The van der Waals surface area contributed by atoms with Gasteiger partial charge in [0.1, 0.15) is 10.6 Å². The van der Waals surface area contributed by atoms with Crippen LogP contribution in [0.4, 0.5) is 10.5 Å². The van der Waals surface area contributed by atoms with Crippen LogP contribution >= 0.6 is 0 Å². The first kappa shape index (κ1) is 15.5. The zero-order valence-corrected chi connectivity index (χ0v) is 11.9. The largest absolute Gasteiger partial charge is 0.491 e. The molecule has 104 valence electrons. The van der Waals surface area contributed by atoms with E-state index < -0.39 is 16.1 Å². The fourth-order valence-electron chi connectivity index (χ4n) is 1.34. The summed E-state index contributed by atoms with van der Waals surface area (Å²) < 4.78 is 31.1. The van der Waals surface area contributed by atoms with Crippen molar-refractivity contribution in [2.45, 2.75) is 24.8 Å². The quantitative estimate of drug-likeness (QED) is 0.873. The number of urea groups is 1. The SMILES string of the molecule is CC(C)Oc1ccc(S(N)(=O)=O)c(NC(=O)N=S)c1. The number of carbonyl (C=O) groups is 1. The molecule has 0 unspecified atom stereocenters. The summed E-state index contributed by atoms with van der Waals surface area (Å²) in [4.78, 5) is 10.9. The molecule has 0 spiro atoms. The van der Waals surface area contributed by atoms with Crippen LogP contribution in [-0.2, 0) is 22.4 Å². The van der Waals surface area contributed by atoms with Gasteiger partial charge in [-0.05, 0) is 26.0 Å². The number of nitrogens with two attached hydrogens (primary N) is 1. The number of hydrogen-bond acceptors (Lipinski definition) is 5. The monoisotopic (exact) mass is 303 g/mol. The first-order valence-electron chi connectivity index (χ1n) is 5.22. The second-order valence-electron chi connectivity index (χ2n) is 3.89. The van der Waals surface area contributed by atoms with Crippen LogP contribution in [0.25, 0.3) is 0 Å². The highest BCUT2D eigenvalue weighted by atomic mass is 32.2. The fraction of sp³-hybridized carbons (Fsp3) is 0.300. The van der Waals surface area contributed by atoms with Gasteiger partial charge in [0.05, 0.1) is 11.8 Å². The number of hydrogen-bond donors (Lipinski definition) is 2. The van der Waals surface area contributed by atoms with Crippen LogP contribution in [0.1, 0.15) is 13.8 Å². The standard InChI is InChI=1S/C10H13N3O4S2/c1-6(2)17-7-3-4-9(19(11,15)16)8(5-7)12-10(14)13-18/h3-6H,1-2H3,(H,12,14)(H2,11,15,16). The highest BCUT2D eigenvalue weighted by Crippen LogP contribution is 2.26. The zero-order valence-electron chi connectivity index (χ0n) is 10.3. The fourth-order valence-corrected chi connectivity index (χ4v) is 2.06. The number of sulfonamides is 1. The predicted molar refractivity (Wildman–Crippen MR) is 72.4 cm³/mol. The minimum Gasteiger partial charge on any atom is -0.491 e. The highest BCUT2D eigenvalue weighted by Gasteiger charge is 2.17. The molecule has 1 aromatic carbocycles. The zero-order chi connectivity index (χ0) is 14.6. The van der Waals surface area contributed by atoms with Gasteiger partial charge in [-0.1, -0.05) is 0 Å². The molecule has 0 atom stereocenters. The molecule has 0 aromatic heterocycles. The van der Waals surface area contributed by atoms with Crippen molar-refractivity contribution in [2.75, 3.05) is 5.32 Å². The lowest BCUT2D eigenvalue weighted by Crippen LogP contribution is -2.17. The number of carbonyl (C=O) groups excluding carboxylic acids is 1. The summed E-state index contributed by atoms with van der Waals surface area (Å²) in [5.41, 5.74) is -0.0285. The van der Waals surface area contributed by atoms with Crippen molar-refractivity contribution >= 4 is 34.2 Å². The molecular weight excluding hydrogens is 290 g/mol. The maximum absolute atomic E-state index is 11.4. The molecule has 0 aliphatic heterocycles. The Kier molecular flexibility index (Phi) is 4.92. The number of rotatable bonds is 4. The molecule has 2 amide bonds. The number of anilines is 1. The summed E-state index contributed by atoms with van der Waals surface area (Å²) >= 11 is 4.21. The third-order valence-electron chi connectivity index (χ3n) is 1.95. The smallest absolute Gasteiger partial charge is 0.356 e. The van der Waals surface area contributed by atoms with Crippen molar-refractivity contribution in [3.63, 3.8) is 0 Å². The summed E-state index contributed by atoms with van der Waals surface area (Å²) in [5, 5.41) is 7.28. The predicted octanol–water partition coefficient (Wildman–Crippen LogP) is 1.38. The molecule has 3 N–H and O–H groups in total. The molecule has 7 nitrogen and oxygen atoms in total. The van der Waals surface area contributed by atoms with Crippen LogP contribution < -0.4 is 15.2 Å². The van der Waals surface area contributed by atoms with E-state index in [4.69, 9.17) is 9.88 Å². The van der Waals surface area contributed by atoms with Gasteiger partial charge in [0.15, 0.2) is 0 Å². The van der Waals surface area contributed by atoms with Gasteiger partial charge in [-0.2, -0.15) is 0 Å². The van der Waals surface area contributed by atoms with Crippen LogP contribution in [-0.4, -0.2) is 20.6 Å². The number of benzene rings is 1. The summed E-state index contributed by atoms with van der Waals surface area (Å²) in [6.07, 6.45) is -0.104. The van der Waals surface area contributed by atoms with Gasteiger partial charge in [-0.15, -0.1) is 4.36 Å². The summed E-state index contributed by atoms with van der Waals surface area (Å²) in [5.74, 6) is 0.391. The maximum Gasteiger partial charge on any atom is 0.356 e. The average Bonchev–Trinajstić information content (AvgIpc) is 2.26. The molecule has 19 heavy (non-hydrogen) atoms. The topological polar surface area (TPSA) is 111 Å². The van der Waals surface area contributed by atoms with Crippen LogP contribution in [0.15, 0.2) is 27.5 Å². The lowest BCUT2D eigenvalue weighted by Gasteiger charge is -2.13. The molecule has 0 fully saturated rings. The van der Waals surface area contributed by atoms with E-state index in [1.165, 1.54) is 18.2 Å². The third-order valence-corrected chi connectivity index (χ3v) is 3.09. The summed E-state index contributed by atoms with van der Waals surface area (Å²) in [7, 11) is -3.98. The van der Waals surface area contributed by atoms with Crippen LogP contribution in [0.3, 0.4) is 0 Å². The number of amides is 2. The van der Waals surface area contributed by atoms with Gasteiger partial charge in [-0.3, -0.25) is 0 Å². The first-order chi connectivity index (χ1) is 8.74. The van der Waals surface area contributed by atoms with E-state index in [-0.39, 0.29) is 16.7 Å². The Morgan fingerprint density at radius 1 is 1.47 bits per heavy atom. The number of primary sulfonamides is 1. The molecule has 0 bridgehead atoms. The van der Waals surface area contributed by atoms with E-state index in [9.17, 15) is 13.2 Å². The summed E-state index contributed by atoms with van der Waals surface area (Å²) in [6, 6.07) is 3.17. The highest BCUT2D eigenvalue weighted by molar-refractivity contribution is 7.89. The van der Waals surface area contributed by atoms with Crippen molar-refractivity contribution in [1.29, 1.82) is 0 Å². The number of nitrogens with one attached hydrogen (secondary N) is 1. The maximum atomic E-state index is 11.4. The third kappa shape index (κ3) is 4.54. The Balaban J connectivity index is 3.26. The van der Waals surface area contributed by atoms with E-state index in [1.54, 1.807) is 0 Å². The molecule has 0 aliphatic rings. The van der Waals surface area contributed by atoms with Gasteiger partial charge in [-0.25, -0.2) is 18.4 Å². The average molecular weight is 303 g/mol. The normalized spacial score (nSPS) is 11.2. The lowest BCUT2D eigenvalue weighted by atomic mass is 10.3. The number of ether oxygens (including phenoxy) is 1. The molecule has 9 heteroatoms. The number of nitrogens with zero attached hydrogens (tertiary/aromatic N) is 1. The van der Waals surface area contributed by atoms with Crippen molar-refractivity contribution in [1.82, 2.24) is 0 Å². The Bertz CT molecular complexity index is 599. The van der Waals surface area contributed by atoms with Crippen LogP contribution in [0, 0.1) is 0 Å².